The molecule has 0 saturated carbocycles. The van der Waals surface area contributed by atoms with Crippen LogP contribution in [0.25, 0.3) is 16.9 Å². The van der Waals surface area contributed by atoms with Crippen molar-refractivity contribution in [3.8, 4) is 11.3 Å². The van der Waals surface area contributed by atoms with Gasteiger partial charge in [0.2, 0.25) is 0 Å². The number of benzene rings is 1. The zero-order valence-electron chi connectivity index (χ0n) is 13.0. The molecule has 0 N–H and O–H groups in total. The zero-order chi connectivity index (χ0) is 15.0. The number of anilines is 1. The number of rotatable bonds is 3. The molecule has 4 nitrogen and oxygen atoms in total. The Hall–Kier alpha value is -2.36. The van der Waals surface area contributed by atoms with Crippen LogP contribution in [-0.2, 0) is 6.42 Å². The van der Waals surface area contributed by atoms with E-state index in [1.165, 1.54) is 5.69 Å². The average Bonchev–Trinajstić information content (AvgIpc) is 2.91. The van der Waals surface area contributed by atoms with Crippen molar-refractivity contribution in [1.29, 1.82) is 0 Å². The minimum Gasteiger partial charge on any atom is -0.378 e. The van der Waals surface area contributed by atoms with Crippen molar-refractivity contribution >= 4 is 11.3 Å². The fourth-order valence-corrected chi connectivity index (χ4v) is 2.44. The monoisotopic (exact) mass is 280 g/mol. The van der Waals surface area contributed by atoms with Crippen LogP contribution in [0.3, 0.4) is 0 Å². The van der Waals surface area contributed by atoms with E-state index in [0.717, 1.165) is 34.6 Å². The number of hydrogen-bond acceptors (Lipinski definition) is 3. The molecule has 21 heavy (non-hydrogen) atoms. The zero-order valence-corrected chi connectivity index (χ0v) is 13.0. The maximum Gasteiger partial charge on any atom is 0.157 e. The fraction of sp³-hybridized carbons (Fsp3) is 0.294. The van der Waals surface area contributed by atoms with Crippen LogP contribution < -0.4 is 4.90 Å². The maximum atomic E-state index is 4.72. The second-order valence-corrected chi connectivity index (χ2v) is 5.51. The topological polar surface area (TPSA) is 33.4 Å². The number of imidazole rings is 1. The summed E-state index contributed by atoms with van der Waals surface area (Å²) < 4.78 is 1.89. The molecule has 0 aliphatic carbocycles. The number of fused-ring (bicyclic) bond motifs is 1. The lowest BCUT2D eigenvalue weighted by molar-refractivity contribution is 0.855. The van der Waals surface area contributed by atoms with Crippen molar-refractivity contribution in [2.24, 2.45) is 0 Å². The molecule has 0 fully saturated rings. The van der Waals surface area contributed by atoms with Gasteiger partial charge < -0.3 is 4.90 Å². The summed E-state index contributed by atoms with van der Waals surface area (Å²) in [5.74, 6) is 0. The van der Waals surface area contributed by atoms with Crippen LogP contribution >= 0.6 is 0 Å². The van der Waals surface area contributed by atoms with E-state index in [0.29, 0.717) is 0 Å². The van der Waals surface area contributed by atoms with Gasteiger partial charge in [-0.05, 0) is 37.1 Å². The first-order chi connectivity index (χ1) is 10.1. The SMILES string of the molecule is CCc1cc(C)c2nc(-c3ccc(N(C)C)cc3)cn2n1. The lowest BCUT2D eigenvalue weighted by Crippen LogP contribution is -2.07. The molecule has 0 spiro atoms. The summed E-state index contributed by atoms with van der Waals surface area (Å²) in [7, 11) is 4.08. The van der Waals surface area contributed by atoms with Gasteiger partial charge in [-0.1, -0.05) is 19.1 Å². The van der Waals surface area contributed by atoms with Gasteiger partial charge in [-0.3, -0.25) is 0 Å². The Kier molecular flexibility index (Phi) is 3.37. The minimum absolute atomic E-state index is 0.930. The van der Waals surface area contributed by atoms with E-state index in [1.54, 1.807) is 0 Å². The third-order valence-electron chi connectivity index (χ3n) is 3.70. The summed E-state index contributed by atoms with van der Waals surface area (Å²) in [5.41, 5.74) is 6.45. The van der Waals surface area contributed by atoms with Crippen molar-refractivity contribution in [2.75, 3.05) is 19.0 Å². The maximum absolute atomic E-state index is 4.72. The smallest absolute Gasteiger partial charge is 0.157 e. The molecular weight excluding hydrogens is 260 g/mol. The third-order valence-corrected chi connectivity index (χ3v) is 3.70. The third kappa shape index (κ3) is 2.49. The van der Waals surface area contributed by atoms with Gasteiger partial charge in [0.05, 0.1) is 17.6 Å². The fourth-order valence-electron chi connectivity index (χ4n) is 2.44. The molecule has 0 aliphatic rings. The molecule has 2 heterocycles. The predicted octanol–water partition coefficient (Wildman–Crippen LogP) is 3.33. The standard InChI is InChI=1S/C17H20N4/c1-5-14-10-12(2)17-18-16(11-21(17)19-14)13-6-8-15(9-7-13)20(3)4/h6-11H,5H2,1-4H3. The van der Waals surface area contributed by atoms with Gasteiger partial charge in [-0.15, -0.1) is 0 Å². The van der Waals surface area contributed by atoms with E-state index in [1.807, 2.05) is 24.8 Å². The molecule has 4 heteroatoms. The molecule has 0 amide bonds. The molecule has 0 unspecified atom stereocenters. The Balaban J connectivity index is 2.06. The molecule has 3 aromatic rings. The highest BCUT2D eigenvalue weighted by atomic mass is 15.2. The van der Waals surface area contributed by atoms with Gasteiger partial charge in [0, 0.05) is 25.3 Å². The first-order valence-electron chi connectivity index (χ1n) is 7.22. The molecule has 1 aromatic carbocycles. The van der Waals surface area contributed by atoms with E-state index < -0.39 is 0 Å². The molecule has 2 aromatic heterocycles. The minimum atomic E-state index is 0.930. The van der Waals surface area contributed by atoms with E-state index in [9.17, 15) is 0 Å². The summed E-state index contributed by atoms with van der Waals surface area (Å²) in [4.78, 5) is 6.81. The Labute approximate surface area is 125 Å². The van der Waals surface area contributed by atoms with Crippen molar-refractivity contribution in [3.63, 3.8) is 0 Å². The summed E-state index contributed by atoms with van der Waals surface area (Å²) in [6.45, 7) is 4.20. The first kappa shape index (κ1) is 13.6. The molecule has 0 bridgehead atoms. The highest BCUT2D eigenvalue weighted by Gasteiger charge is 2.08. The largest absolute Gasteiger partial charge is 0.378 e. The van der Waals surface area contributed by atoms with Gasteiger partial charge in [0.15, 0.2) is 5.65 Å². The van der Waals surface area contributed by atoms with Gasteiger partial charge in [-0.25, -0.2) is 9.50 Å². The van der Waals surface area contributed by atoms with Gasteiger partial charge in [0.25, 0.3) is 0 Å². The summed E-state index contributed by atoms with van der Waals surface area (Å²) >= 11 is 0. The second kappa shape index (κ2) is 5.20. The summed E-state index contributed by atoms with van der Waals surface area (Å²) in [6, 6.07) is 10.5. The summed E-state index contributed by atoms with van der Waals surface area (Å²) in [5, 5.41) is 4.59. The van der Waals surface area contributed by atoms with Crippen LogP contribution in [0.15, 0.2) is 36.5 Å². The van der Waals surface area contributed by atoms with Gasteiger partial charge in [-0.2, -0.15) is 5.10 Å². The van der Waals surface area contributed by atoms with Crippen molar-refractivity contribution < 1.29 is 0 Å². The van der Waals surface area contributed by atoms with Crippen LogP contribution in [0, 0.1) is 6.92 Å². The number of aromatic nitrogens is 3. The van der Waals surface area contributed by atoms with Gasteiger partial charge in [0.1, 0.15) is 0 Å². The van der Waals surface area contributed by atoms with Crippen LogP contribution in [0.2, 0.25) is 0 Å². The number of nitrogens with zero attached hydrogens (tertiary/aromatic N) is 4. The molecule has 0 radical (unpaired) electrons. The highest BCUT2D eigenvalue weighted by molar-refractivity contribution is 5.66. The van der Waals surface area contributed by atoms with Crippen molar-refractivity contribution in [1.82, 2.24) is 14.6 Å². The van der Waals surface area contributed by atoms with Crippen LogP contribution in [0.1, 0.15) is 18.2 Å². The summed E-state index contributed by atoms with van der Waals surface area (Å²) in [6.07, 6.45) is 2.94. The lowest BCUT2D eigenvalue weighted by Gasteiger charge is -2.11. The van der Waals surface area contributed by atoms with Gasteiger partial charge >= 0.3 is 0 Å². The second-order valence-electron chi connectivity index (χ2n) is 5.51. The molecular formula is C17H20N4. The predicted molar refractivity (Wildman–Crippen MR) is 86.9 cm³/mol. The molecule has 0 aliphatic heterocycles. The van der Waals surface area contributed by atoms with E-state index in [2.05, 4.69) is 54.2 Å². The number of hydrogen-bond donors (Lipinski definition) is 0. The lowest BCUT2D eigenvalue weighted by atomic mass is 10.1. The van der Waals surface area contributed by atoms with Crippen LogP contribution in [-0.4, -0.2) is 28.7 Å². The Morgan fingerprint density at radius 1 is 1.14 bits per heavy atom. The molecule has 0 atom stereocenters. The van der Waals surface area contributed by atoms with E-state index >= 15 is 0 Å². The van der Waals surface area contributed by atoms with Crippen molar-refractivity contribution in [2.45, 2.75) is 20.3 Å². The van der Waals surface area contributed by atoms with E-state index in [-0.39, 0.29) is 0 Å². The molecule has 3 rings (SSSR count). The molecule has 0 saturated heterocycles. The van der Waals surface area contributed by atoms with Crippen LogP contribution in [0.4, 0.5) is 5.69 Å². The quantitative estimate of drug-likeness (QED) is 0.738. The average molecular weight is 280 g/mol. The Bertz CT molecular complexity index is 769. The van der Waals surface area contributed by atoms with Crippen molar-refractivity contribution in [3.05, 3.63) is 47.8 Å². The van der Waals surface area contributed by atoms with E-state index in [4.69, 9.17) is 4.98 Å². The Morgan fingerprint density at radius 2 is 1.86 bits per heavy atom. The number of aryl methyl sites for hydroxylation is 2. The Morgan fingerprint density at radius 3 is 2.48 bits per heavy atom. The normalized spacial score (nSPS) is 11.0. The first-order valence-corrected chi connectivity index (χ1v) is 7.22. The highest BCUT2D eigenvalue weighted by Crippen LogP contribution is 2.23. The molecule has 108 valence electrons. The van der Waals surface area contributed by atoms with Crippen LogP contribution in [0.5, 0.6) is 0 Å².